The van der Waals surface area contributed by atoms with Crippen LogP contribution in [-0.4, -0.2) is 39.3 Å². The average Bonchev–Trinajstić information content (AvgIpc) is 3.16. The zero-order valence-corrected chi connectivity index (χ0v) is 16.3. The fraction of sp³-hybridized carbons (Fsp3) is 0.409. The number of aliphatic imine (C=N–C) groups is 1. The molecule has 1 aliphatic heterocycles. The van der Waals surface area contributed by atoms with Crippen molar-refractivity contribution in [1.82, 2.24) is 10.6 Å². The molecule has 3 rings (SSSR count). The van der Waals surface area contributed by atoms with Crippen molar-refractivity contribution < 1.29 is 9.47 Å². The Kier molecular flexibility index (Phi) is 6.97. The Bertz CT molecular complexity index is 774. The Balaban J connectivity index is 1.50. The Hall–Kier alpha value is -2.69. The Morgan fingerprint density at radius 2 is 2.04 bits per heavy atom. The number of para-hydroxylation sites is 1. The van der Waals surface area contributed by atoms with Gasteiger partial charge in [0, 0.05) is 26.1 Å². The first-order valence-corrected chi connectivity index (χ1v) is 9.69. The van der Waals surface area contributed by atoms with Crippen LogP contribution in [0, 0.1) is 0 Å². The number of guanidine groups is 1. The molecule has 2 N–H and O–H groups in total. The highest BCUT2D eigenvalue weighted by Gasteiger charge is 2.11. The standard InChI is InChI=1S/C22H29N3O2/c1-3-23-22(25-14-11-18-6-4-5-7-20(18)26-2)24-13-10-17-8-9-21-19(16-17)12-15-27-21/h4-9,16H,3,10-15H2,1-2H3,(H2,23,24,25). The van der Waals surface area contributed by atoms with Gasteiger partial charge in [-0.1, -0.05) is 30.3 Å². The Morgan fingerprint density at radius 3 is 2.89 bits per heavy atom. The molecule has 5 heteroatoms. The highest BCUT2D eigenvalue weighted by molar-refractivity contribution is 5.79. The number of nitrogens with one attached hydrogen (secondary N) is 2. The van der Waals surface area contributed by atoms with E-state index in [4.69, 9.17) is 14.5 Å². The first-order valence-electron chi connectivity index (χ1n) is 9.69. The van der Waals surface area contributed by atoms with Gasteiger partial charge in [-0.15, -0.1) is 0 Å². The number of fused-ring (bicyclic) bond motifs is 1. The van der Waals surface area contributed by atoms with Crippen LogP contribution in [0.3, 0.4) is 0 Å². The van der Waals surface area contributed by atoms with E-state index in [0.29, 0.717) is 6.54 Å². The summed E-state index contributed by atoms with van der Waals surface area (Å²) >= 11 is 0. The van der Waals surface area contributed by atoms with Gasteiger partial charge in [-0.2, -0.15) is 0 Å². The quantitative estimate of drug-likeness (QED) is 0.556. The van der Waals surface area contributed by atoms with Crippen LogP contribution in [0.1, 0.15) is 23.6 Å². The van der Waals surface area contributed by atoms with Gasteiger partial charge in [-0.3, -0.25) is 4.99 Å². The molecule has 1 aliphatic rings. The second kappa shape index (κ2) is 9.86. The van der Waals surface area contributed by atoms with E-state index in [1.165, 1.54) is 16.7 Å². The van der Waals surface area contributed by atoms with Crippen molar-refractivity contribution in [3.63, 3.8) is 0 Å². The van der Waals surface area contributed by atoms with E-state index < -0.39 is 0 Å². The largest absolute Gasteiger partial charge is 0.496 e. The second-order valence-electron chi connectivity index (χ2n) is 6.54. The lowest BCUT2D eigenvalue weighted by Gasteiger charge is -2.12. The molecule has 0 aromatic heterocycles. The van der Waals surface area contributed by atoms with Gasteiger partial charge in [0.05, 0.1) is 13.7 Å². The van der Waals surface area contributed by atoms with Crippen molar-refractivity contribution in [2.24, 2.45) is 4.99 Å². The highest BCUT2D eigenvalue weighted by atomic mass is 16.5. The van der Waals surface area contributed by atoms with Crippen LogP contribution in [0.4, 0.5) is 0 Å². The molecule has 0 bridgehead atoms. The lowest BCUT2D eigenvalue weighted by Crippen LogP contribution is -2.38. The van der Waals surface area contributed by atoms with Crippen LogP contribution in [0.5, 0.6) is 11.5 Å². The van der Waals surface area contributed by atoms with E-state index in [1.807, 2.05) is 18.2 Å². The Labute approximate surface area is 161 Å². The molecule has 0 atom stereocenters. The molecule has 0 amide bonds. The third kappa shape index (κ3) is 5.39. The van der Waals surface area contributed by atoms with Crippen LogP contribution in [0.2, 0.25) is 0 Å². The molecule has 0 spiro atoms. The fourth-order valence-electron chi connectivity index (χ4n) is 3.26. The lowest BCUT2D eigenvalue weighted by atomic mass is 10.1. The molecule has 144 valence electrons. The minimum absolute atomic E-state index is 0.714. The van der Waals surface area contributed by atoms with Crippen LogP contribution < -0.4 is 20.1 Å². The summed E-state index contributed by atoms with van der Waals surface area (Å²) in [5, 5.41) is 6.74. The summed E-state index contributed by atoms with van der Waals surface area (Å²) in [5.41, 5.74) is 3.83. The van der Waals surface area contributed by atoms with E-state index >= 15 is 0 Å². The van der Waals surface area contributed by atoms with Gasteiger partial charge in [-0.25, -0.2) is 0 Å². The fourth-order valence-corrected chi connectivity index (χ4v) is 3.26. The maximum atomic E-state index is 5.57. The third-order valence-electron chi connectivity index (χ3n) is 4.65. The summed E-state index contributed by atoms with van der Waals surface area (Å²) in [6.45, 7) is 5.29. The Morgan fingerprint density at radius 1 is 1.15 bits per heavy atom. The number of methoxy groups -OCH3 is 1. The molecule has 27 heavy (non-hydrogen) atoms. The number of hydrogen-bond donors (Lipinski definition) is 2. The molecule has 0 fully saturated rings. The molecule has 0 radical (unpaired) electrons. The predicted octanol–water partition coefficient (Wildman–Crippen LogP) is 2.97. The number of rotatable bonds is 8. The number of benzene rings is 2. The summed E-state index contributed by atoms with van der Waals surface area (Å²) in [4.78, 5) is 4.69. The minimum Gasteiger partial charge on any atom is -0.496 e. The minimum atomic E-state index is 0.714. The van der Waals surface area contributed by atoms with Crippen molar-refractivity contribution in [2.75, 3.05) is 33.4 Å². The molecule has 1 heterocycles. The van der Waals surface area contributed by atoms with E-state index in [9.17, 15) is 0 Å². The van der Waals surface area contributed by atoms with Gasteiger partial charge < -0.3 is 20.1 Å². The molecule has 5 nitrogen and oxygen atoms in total. The van der Waals surface area contributed by atoms with Crippen molar-refractivity contribution >= 4 is 5.96 Å². The van der Waals surface area contributed by atoms with Gasteiger partial charge >= 0.3 is 0 Å². The smallest absolute Gasteiger partial charge is 0.191 e. The van der Waals surface area contributed by atoms with Gasteiger partial charge in [-0.05, 0) is 48.6 Å². The molecule has 0 unspecified atom stereocenters. The summed E-state index contributed by atoms with van der Waals surface area (Å²) in [7, 11) is 1.71. The van der Waals surface area contributed by atoms with Crippen molar-refractivity contribution in [3.8, 4) is 11.5 Å². The van der Waals surface area contributed by atoms with Crippen molar-refractivity contribution in [1.29, 1.82) is 0 Å². The predicted molar refractivity (Wildman–Crippen MR) is 110 cm³/mol. The molecular formula is C22H29N3O2. The maximum Gasteiger partial charge on any atom is 0.191 e. The van der Waals surface area contributed by atoms with Gasteiger partial charge in [0.1, 0.15) is 11.5 Å². The molecule has 0 saturated heterocycles. The van der Waals surface area contributed by atoms with E-state index in [1.54, 1.807) is 7.11 Å². The third-order valence-corrected chi connectivity index (χ3v) is 4.65. The van der Waals surface area contributed by atoms with Gasteiger partial charge in [0.15, 0.2) is 5.96 Å². The maximum absolute atomic E-state index is 5.57. The SMILES string of the molecule is CCNC(=NCCc1ccccc1OC)NCCc1ccc2c(c1)CCO2. The zero-order valence-electron chi connectivity index (χ0n) is 16.3. The number of ether oxygens (including phenoxy) is 2. The summed E-state index contributed by atoms with van der Waals surface area (Å²) in [6, 6.07) is 14.6. The molecule has 0 aliphatic carbocycles. The zero-order chi connectivity index (χ0) is 18.9. The van der Waals surface area contributed by atoms with Crippen LogP contribution in [0.15, 0.2) is 47.5 Å². The summed E-state index contributed by atoms with van der Waals surface area (Å²) in [6.07, 6.45) is 2.83. The van der Waals surface area contributed by atoms with Crippen molar-refractivity contribution in [2.45, 2.75) is 26.2 Å². The number of nitrogens with zero attached hydrogens (tertiary/aromatic N) is 1. The van der Waals surface area contributed by atoms with Gasteiger partial charge in [0.2, 0.25) is 0 Å². The normalized spacial score (nSPS) is 13.0. The lowest BCUT2D eigenvalue weighted by molar-refractivity contribution is 0.357. The first-order chi connectivity index (χ1) is 13.3. The second-order valence-corrected chi connectivity index (χ2v) is 6.54. The summed E-state index contributed by atoms with van der Waals surface area (Å²) in [5.74, 6) is 2.82. The number of hydrogen-bond acceptors (Lipinski definition) is 3. The van der Waals surface area contributed by atoms with E-state index in [2.05, 4.69) is 41.8 Å². The van der Waals surface area contributed by atoms with Crippen LogP contribution >= 0.6 is 0 Å². The molecule has 0 saturated carbocycles. The van der Waals surface area contributed by atoms with Crippen LogP contribution in [0.25, 0.3) is 0 Å². The average molecular weight is 367 g/mol. The molecular weight excluding hydrogens is 338 g/mol. The monoisotopic (exact) mass is 367 g/mol. The topological polar surface area (TPSA) is 54.9 Å². The van der Waals surface area contributed by atoms with Crippen molar-refractivity contribution in [3.05, 3.63) is 59.2 Å². The first kappa shape index (κ1) is 19.1. The molecule has 2 aromatic carbocycles. The van der Waals surface area contributed by atoms with Crippen LogP contribution in [-0.2, 0) is 19.3 Å². The van der Waals surface area contributed by atoms with Gasteiger partial charge in [0.25, 0.3) is 0 Å². The highest BCUT2D eigenvalue weighted by Crippen LogP contribution is 2.25. The van der Waals surface area contributed by atoms with E-state index in [-0.39, 0.29) is 0 Å². The molecule has 2 aromatic rings. The summed E-state index contributed by atoms with van der Waals surface area (Å²) < 4.78 is 11.0. The van der Waals surface area contributed by atoms with E-state index in [0.717, 1.165) is 56.4 Å².